The van der Waals surface area contributed by atoms with Crippen LogP contribution in [-0.4, -0.2) is 40.9 Å². The van der Waals surface area contributed by atoms with Crippen LogP contribution in [0.2, 0.25) is 0 Å². The van der Waals surface area contributed by atoms with Crippen LogP contribution in [0, 0.1) is 0 Å². The molecule has 0 aliphatic carbocycles. The Labute approximate surface area is 65.1 Å². The Morgan fingerprint density at radius 3 is 2.80 bits per heavy atom. The number of nitrogens with zero attached hydrogens (tertiary/aromatic N) is 1. The van der Waals surface area contributed by atoms with Crippen molar-refractivity contribution < 1.29 is 10.3 Å². The van der Waals surface area contributed by atoms with E-state index in [-0.39, 0.29) is 5.48 Å². The molecule has 0 aromatic heterocycles. The number of carbonyl (C=O) groups excluding carboxylic acids is 1. The molecule has 0 saturated carbocycles. The SMILES string of the molecule is CCN1CCSCC1=O.O. The zero-order valence-corrected chi connectivity index (χ0v) is 6.91. The van der Waals surface area contributed by atoms with E-state index in [2.05, 4.69) is 0 Å². The first-order valence-corrected chi connectivity index (χ1v) is 4.35. The molecule has 1 saturated heterocycles. The van der Waals surface area contributed by atoms with Crippen molar-refractivity contribution >= 4 is 17.7 Å². The molecule has 60 valence electrons. The molecule has 0 atom stereocenters. The first-order chi connectivity index (χ1) is 4.34. The van der Waals surface area contributed by atoms with Crippen LogP contribution in [-0.2, 0) is 4.79 Å². The van der Waals surface area contributed by atoms with Crippen molar-refractivity contribution in [1.29, 1.82) is 0 Å². The molecule has 0 aromatic rings. The minimum Gasteiger partial charge on any atom is -0.412 e. The summed E-state index contributed by atoms with van der Waals surface area (Å²) in [7, 11) is 0. The minimum absolute atomic E-state index is 0. The van der Waals surface area contributed by atoms with Gasteiger partial charge in [-0.3, -0.25) is 4.79 Å². The summed E-state index contributed by atoms with van der Waals surface area (Å²) < 4.78 is 0. The van der Waals surface area contributed by atoms with Crippen LogP contribution in [0.5, 0.6) is 0 Å². The molecule has 10 heavy (non-hydrogen) atoms. The van der Waals surface area contributed by atoms with E-state index in [0.29, 0.717) is 11.7 Å². The lowest BCUT2D eigenvalue weighted by Gasteiger charge is -2.24. The third kappa shape index (κ3) is 2.19. The standard InChI is InChI=1S/C6H11NOS.H2O/c1-2-7-3-4-9-5-6(7)8;/h2-5H2,1H3;1H2. The topological polar surface area (TPSA) is 51.8 Å². The summed E-state index contributed by atoms with van der Waals surface area (Å²) in [5.74, 6) is 2.10. The second-order valence-corrected chi connectivity index (χ2v) is 3.13. The smallest absolute Gasteiger partial charge is 0.232 e. The van der Waals surface area contributed by atoms with Crippen molar-refractivity contribution in [3.05, 3.63) is 0 Å². The van der Waals surface area contributed by atoms with E-state index in [9.17, 15) is 4.79 Å². The van der Waals surface area contributed by atoms with Crippen LogP contribution in [0.25, 0.3) is 0 Å². The number of thioether (sulfide) groups is 1. The lowest BCUT2D eigenvalue weighted by Crippen LogP contribution is -2.37. The van der Waals surface area contributed by atoms with Gasteiger partial charge in [0.2, 0.25) is 5.91 Å². The molecular formula is C6H13NO2S. The Kier molecular flexibility index (Phi) is 4.47. The average Bonchev–Trinajstić information content (AvgIpc) is 1.89. The Morgan fingerprint density at radius 2 is 2.40 bits per heavy atom. The summed E-state index contributed by atoms with van der Waals surface area (Å²) in [4.78, 5) is 12.8. The van der Waals surface area contributed by atoms with Crippen molar-refractivity contribution in [2.75, 3.05) is 24.6 Å². The highest BCUT2D eigenvalue weighted by Gasteiger charge is 2.15. The second-order valence-electron chi connectivity index (χ2n) is 2.03. The van der Waals surface area contributed by atoms with Crippen molar-refractivity contribution in [2.45, 2.75) is 6.92 Å². The molecule has 0 aromatic carbocycles. The predicted octanol–water partition coefficient (Wildman–Crippen LogP) is -0.243. The number of amides is 1. The van der Waals surface area contributed by atoms with Gasteiger partial charge in [-0.05, 0) is 6.92 Å². The van der Waals surface area contributed by atoms with Gasteiger partial charge >= 0.3 is 0 Å². The van der Waals surface area contributed by atoms with Gasteiger partial charge in [0.15, 0.2) is 0 Å². The molecule has 4 heteroatoms. The van der Waals surface area contributed by atoms with E-state index in [1.165, 1.54) is 0 Å². The number of rotatable bonds is 1. The Balaban J connectivity index is 0.000000810. The second kappa shape index (κ2) is 4.57. The van der Waals surface area contributed by atoms with Gasteiger partial charge in [-0.25, -0.2) is 0 Å². The molecule has 1 aliphatic rings. The molecule has 0 unspecified atom stereocenters. The van der Waals surface area contributed by atoms with E-state index in [1.54, 1.807) is 11.8 Å². The first-order valence-electron chi connectivity index (χ1n) is 3.20. The van der Waals surface area contributed by atoms with E-state index in [1.807, 2.05) is 11.8 Å². The van der Waals surface area contributed by atoms with Crippen LogP contribution in [0.1, 0.15) is 6.92 Å². The summed E-state index contributed by atoms with van der Waals surface area (Å²) in [5, 5.41) is 0. The van der Waals surface area contributed by atoms with Gasteiger partial charge < -0.3 is 10.4 Å². The average molecular weight is 163 g/mol. The fourth-order valence-corrected chi connectivity index (χ4v) is 1.74. The summed E-state index contributed by atoms with van der Waals surface area (Å²) in [6, 6.07) is 0. The van der Waals surface area contributed by atoms with Crippen molar-refractivity contribution in [1.82, 2.24) is 4.90 Å². The number of carbonyl (C=O) groups is 1. The fraction of sp³-hybridized carbons (Fsp3) is 0.833. The highest BCUT2D eigenvalue weighted by Crippen LogP contribution is 2.09. The van der Waals surface area contributed by atoms with Gasteiger partial charge in [0.05, 0.1) is 5.75 Å². The van der Waals surface area contributed by atoms with Gasteiger partial charge in [-0.1, -0.05) is 0 Å². The van der Waals surface area contributed by atoms with Crippen LogP contribution < -0.4 is 0 Å². The van der Waals surface area contributed by atoms with Gasteiger partial charge in [-0.15, -0.1) is 0 Å². The molecule has 1 amide bonds. The Hall–Kier alpha value is -0.220. The quantitative estimate of drug-likeness (QED) is 0.535. The first kappa shape index (κ1) is 9.78. The summed E-state index contributed by atoms with van der Waals surface area (Å²) in [6.45, 7) is 3.84. The van der Waals surface area contributed by atoms with E-state index < -0.39 is 0 Å². The Bertz CT molecular complexity index is 118. The van der Waals surface area contributed by atoms with Gasteiger partial charge in [-0.2, -0.15) is 11.8 Å². The van der Waals surface area contributed by atoms with Crippen LogP contribution >= 0.6 is 11.8 Å². The largest absolute Gasteiger partial charge is 0.412 e. The number of hydrogen-bond acceptors (Lipinski definition) is 2. The van der Waals surface area contributed by atoms with E-state index >= 15 is 0 Å². The highest BCUT2D eigenvalue weighted by atomic mass is 32.2. The third-order valence-electron chi connectivity index (χ3n) is 1.47. The van der Waals surface area contributed by atoms with Gasteiger partial charge in [0, 0.05) is 18.8 Å². The normalized spacial score (nSPS) is 18.5. The molecule has 3 nitrogen and oxygen atoms in total. The van der Waals surface area contributed by atoms with Crippen LogP contribution in [0.4, 0.5) is 0 Å². The molecule has 0 radical (unpaired) electrons. The maximum Gasteiger partial charge on any atom is 0.232 e. The van der Waals surface area contributed by atoms with Crippen molar-refractivity contribution in [2.24, 2.45) is 0 Å². The molecule has 1 heterocycles. The highest BCUT2D eigenvalue weighted by molar-refractivity contribution is 8.00. The molecular weight excluding hydrogens is 150 g/mol. The molecule has 1 fully saturated rings. The zero-order chi connectivity index (χ0) is 6.69. The monoisotopic (exact) mass is 163 g/mol. The zero-order valence-electron chi connectivity index (χ0n) is 6.09. The third-order valence-corrected chi connectivity index (χ3v) is 2.39. The van der Waals surface area contributed by atoms with E-state index in [4.69, 9.17) is 0 Å². The van der Waals surface area contributed by atoms with Crippen molar-refractivity contribution in [3.8, 4) is 0 Å². The summed E-state index contributed by atoms with van der Waals surface area (Å²) in [6.07, 6.45) is 0. The van der Waals surface area contributed by atoms with Crippen LogP contribution in [0.3, 0.4) is 0 Å². The fourth-order valence-electron chi connectivity index (χ4n) is 0.885. The predicted molar refractivity (Wildman–Crippen MR) is 43.2 cm³/mol. The molecule has 2 N–H and O–H groups in total. The van der Waals surface area contributed by atoms with Crippen LogP contribution in [0.15, 0.2) is 0 Å². The van der Waals surface area contributed by atoms with Gasteiger partial charge in [0.25, 0.3) is 0 Å². The maximum atomic E-state index is 10.9. The van der Waals surface area contributed by atoms with Crippen molar-refractivity contribution in [3.63, 3.8) is 0 Å². The van der Waals surface area contributed by atoms with E-state index in [0.717, 1.165) is 18.8 Å². The molecule has 0 bridgehead atoms. The lowest BCUT2D eigenvalue weighted by molar-refractivity contribution is -0.128. The molecule has 1 aliphatic heterocycles. The lowest BCUT2D eigenvalue weighted by atomic mass is 10.5. The summed E-state index contributed by atoms with van der Waals surface area (Å²) in [5.41, 5.74) is 0. The summed E-state index contributed by atoms with van der Waals surface area (Å²) >= 11 is 1.73. The maximum absolute atomic E-state index is 10.9. The Morgan fingerprint density at radius 1 is 1.70 bits per heavy atom. The van der Waals surface area contributed by atoms with Gasteiger partial charge in [0.1, 0.15) is 0 Å². The molecule has 1 rings (SSSR count). The number of hydrogen-bond donors (Lipinski definition) is 0. The molecule has 0 spiro atoms. The minimum atomic E-state index is 0.